The summed E-state index contributed by atoms with van der Waals surface area (Å²) >= 11 is 0. The van der Waals surface area contributed by atoms with Crippen LogP contribution < -0.4 is 16.0 Å². The summed E-state index contributed by atoms with van der Waals surface area (Å²) in [6.45, 7) is 2.94. The molecule has 4 rings (SSSR count). The first-order valence-corrected chi connectivity index (χ1v) is 11.5. The topological polar surface area (TPSA) is 116 Å². The SMILES string of the molecule is Cn1cccc1C(=O)N1CCN(C(=O)C2CCNCC2)[C@H](C(=O)N[C@@H]2CCCNC2=O)C1. The van der Waals surface area contributed by atoms with Gasteiger partial charge in [0.05, 0.1) is 6.54 Å². The molecule has 0 saturated carbocycles. The molecule has 32 heavy (non-hydrogen) atoms. The first-order valence-electron chi connectivity index (χ1n) is 11.5. The Morgan fingerprint density at radius 2 is 1.88 bits per heavy atom. The van der Waals surface area contributed by atoms with E-state index >= 15 is 0 Å². The summed E-state index contributed by atoms with van der Waals surface area (Å²) in [4.78, 5) is 55.1. The van der Waals surface area contributed by atoms with Crippen LogP contribution in [0.15, 0.2) is 18.3 Å². The van der Waals surface area contributed by atoms with Crippen molar-refractivity contribution >= 4 is 23.6 Å². The van der Waals surface area contributed by atoms with Crippen LogP contribution in [0.2, 0.25) is 0 Å². The van der Waals surface area contributed by atoms with Gasteiger partial charge >= 0.3 is 0 Å². The number of carbonyl (C=O) groups excluding carboxylic acids is 4. The van der Waals surface area contributed by atoms with Gasteiger partial charge < -0.3 is 30.3 Å². The fourth-order valence-corrected chi connectivity index (χ4v) is 4.78. The van der Waals surface area contributed by atoms with Gasteiger partial charge in [0.25, 0.3) is 5.91 Å². The molecule has 0 bridgehead atoms. The molecule has 3 fully saturated rings. The fourth-order valence-electron chi connectivity index (χ4n) is 4.78. The van der Waals surface area contributed by atoms with Gasteiger partial charge in [-0.3, -0.25) is 19.2 Å². The van der Waals surface area contributed by atoms with E-state index in [1.54, 1.807) is 39.7 Å². The van der Waals surface area contributed by atoms with Gasteiger partial charge in [0.1, 0.15) is 17.8 Å². The smallest absolute Gasteiger partial charge is 0.270 e. The molecule has 3 aliphatic rings. The number of rotatable bonds is 4. The summed E-state index contributed by atoms with van der Waals surface area (Å²) < 4.78 is 1.75. The molecular formula is C22H32N6O4. The highest BCUT2D eigenvalue weighted by Gasteiger charge is 2.41. The lowest BCUT2D eigenvalue weighted by molar-refractivity contribution is -0.147. The minimum absolute atomic E-state index is 0.0364. The highest BCUT2D eigenvalue weighted by atomic mass is 16.2. The standard InChI is InChI=1S/C22H32N6O4/c1-26-11-3-5-17(26)22(32)27-12-13-28(21(31)15-6-9-23-10-7-15)18(14-27)20(30)25-16-4-2-8-24-19(16)29/h3,5,11,15-16,18,23H,2,4,6-10,12-14H2,1H3,(H,24,29)(H,25,30)/t16-,18+/m1/s1. The molecule has 0 radical (unpaired) electrons. The number of aryl methyl sites for hydroxylation is 1. The summed E-state index contributed by atoms with van der Waals surface area (Å²) in [5.41, 5.74) is 0.536. The lowest BCUT2D eigenvalue weighted by Gasteiger charge is -2.42. The normalized spacial score (nSPS) is 24.7. The van der Waals surface area contributed by atoms with Crippen LogP contribution in [-0.2, 0) is 21.4 Å². The second-order valence-corrected chi connectivity index (χ2v) is 8.82. The summed E-state index contributed by atoms with van der Waals surface area (Å²) in [5.74, 6) is -0.905. The second kappa shape index (κ2) is 9.72. The van der Waals surface area contributed by atoms with Crippen LogP contribution >= 0.6 is 0 Å². The molecule has 0 spiro atoms. The van der Waals surface area contributed by atoms with Gasteiger partial charge in [-0.05, 0) is 50.9 Å². The molecule has 3 saturated heterocycles. The monoisotopic (exact) mass is 444 g/mol. The minimum atomic E-state index is -0.815. The summed E-state index contributed by atoms with van der Waals surface area (Å²) in [6.07, 6.45) is 4.63. The number of nitrogens with one attached hydrogen (secondary N) is 3. The predicted molar refractivity (Wildman–Crippen MR) is 117 cm³/mol. The van der Waals surface area contributed by atoms with Crippen LogP contribution in [0.1, 0.15) is 36.2 Å². The van der Waals surface area contributed by atoms with Crippen molar-refractivity contribution in [3.63, 3.8) is 0 Å². The lowest BCUT2D eigenvalue weighted by atomic mass is 9.95. The van der Waals surface area contributed by atoms with Crippen molar-refractivity contribution in [3.05, 3.63) is 24.0 Å². The molecule has 3 N–H and O–H groups in total. The van der Waals surface area contributed by atoms with Gasteiger partial charge in [0.15, 0.2) is 0 Å². The fraction of sp³-hybridized carbons (Fsp3) is 0.636. The lowest BCUT2D eigenvalue weighted by Crippen LogP contribution is -2.64. The summed E-state index contributed by atoms with van der Waals surface area (Å²) in [6, 6.07) is 2.13. The zero-order chi connectivity index (χ0) is 22.7. The number of aromatic nitrogens is 1. The summed E-state index contributed by atoms with van der Waals surface area (Å²) in [7, 11) is 1.80. The van der Waals surface area contributed by atoms with Crippen molar-refractivity contribution in [2.45, 2.75) is 37.8 Å². The molecule has 0 aromatic carbocycles. The van der Waals surface area contributed by atoms with Crippen molar-refractivity contribution in [1.29, 1.82) is 0 Å². The molecular weight excluding hydrogens is 412 g/mol. The molecule has 3 aliphatic heterocycles. The minimum Gasteiger partial charge on any atom is -0.354 e. The summed E-state index contributed by atoms with van der Waals surface area (Å²) in [5, 5.41) is 8.86. The van der Waals surface area contributed by atoms with Crippen LogP contribution in [0.3, 0.4) is 0 Å². The van der Waals surface area contributed by atoms with Crippen molar-refractivity contribution in [1.82, 2.24) is 30.3 Å². The Labute approximate surface area is 187 Å². The maximum atomic E-state index is 13.3. The Bertz CT molecular complexity index is 878. The third kappa shape index (κ3) is 4.64. The van der Waals surface area contributed by atoms with Gasteiger partial charge in [0.2, 0.25) is 17.7 Å². The van der Waals surface area contributed by atoms with Crippen LogP contribution in [0.4, 0.5) is 0 Å². The van der Waals surface area contributed by atoms with Crippen LogP contribution in [0, 0.1) is 5.92 Å². The maximum Gasteiger partial charge on any atom is 0.270 e. The first-order chi connectivity index (χ1) is 15.5. The van der Waals surface area contributed by atoms with Gasteiger partial charge in [-0.25, -0.2) is 0 Å². The van der Waals surface area contributed by atoms with Crippen molar-refractivity contribution < 1.29 is 19.2 Å². The number of amides is 4. The average molecular weight is 445 g/mol. The number of carbonyl (C=O) groups is 4. The molecule has 0 unspecified atom stereocenters. The van der Waals surface area contributed by atoms with E-state index in [2.05, 4.69) is 16.0 Å². The van der Waals surface area contributed by atoms with Crippen LogP contribution in [-0.4, -0.2) is 89.3 Å². The Morgan fingerprint density at radius 1 is 1.09 bits per heavy atom. The Kier molecular flexibility index (Phi) is 6.78. The molecule has 10 nitrogen and oxygen atoms in total. The number of nitrogens with zero attached hydrogens (tertiary/aromatic N) is 3. The van der Waals surface area contributed by atoms with Gasteiger partial charge in [0, 0.05) is 38.8 Å². The second-order valence-electron chi connectivity index (χ2n) is 8.82. The molecule has 0 aliphatic carbocycles. The predicted octanol–water partition coefficient (Wildman–Crippen LogP) is -0.927. The van der Waals surface area contributed by atoms with E-state index in [0.717, 1.165) is 32.4 Å². The third-order valence-electron chi connectivity index (χ3n) is 6.71. The van der Waals surface area contributed by atoms with E-state index in [0.29, 0.717) is 31.7 Å². The van der Waals surface area contributed by atoms with E-state index < -0.39 is 12.1 Å². The van der Waals surface area contributed by atoms with Crippen molar-refractivity contribution in [2.75, 3.05) is 39.3 Å². The molecule has 4 amide bonds. The number of hydrogen-bond acceptors (Lipinski definition) is 5. The number of hydrogen-bond donors (Lipinski definition) is 3. The highest BCUT2D eigenvalue weighted by Crippen LogP contribution is 2.21. The molecule has 174 valence electrons. The van der Waals surface area contributed by atoms with Crippen molar-refractivity contribution in [2.24, 2.45) is 13.0 Å². The van der Waals surface area contributed by atoms with Gasteiger partial charge in [-0.15, -0.1) is 0 Å². The zero-order valence-corrected chi connectivity index (χ0v) is 18.5. The number of piperazine rings is 1. The first kappa shape index (κ1) is 22.3. The van der Waals surface area contributed by atoms with E-state index in [1.165, 1.54) is 0 Å². The quantitative estimate of drug-likeness (QED) is 0.555. The van der Waals surface area contributed by atoms with E-state index in [1.807, 2.05) is 0 Å². The molecule has 2 atom stereocenters. The van der Waals surface area contributed by atoms with E-state index in [4.69, 9.17) is 0 Å². The molecule has 1 aromatic rings. The highest BCUT2D eigenvalue weighted by molar-refractivity contribution is 5.96. The van der Waals surface area contributed by atoms with E-state index in [9.17, 15) is 19.2 Å². The third-order valence-corrected chi connectivity index (χ3v) is 6.71. The maximum absolute atomic E-state index is 13.3. The van der Waals surface area contributed by atoms with Gasteiger partial charge in [-0.1, -0.05) is 0 Å². The number of piperidine rings is 2. The molecule has 10 heteroatoms. The Hall–Kier alpha value is -2.88. The van der Waals surface area contributed by atoms with Crippen LogP contribution in [0.5, 0.6) is 0 Å². The average Bonchev–Trinajstić information content (AvgIpc) is 3.25. The van der Waals surface area contributed by atoms with E-state index in [-0.39, 0.29) is 36.1 Å². The largest absolute Gasteiger partial charge is 0.354 e. The zero-order valence-electron chi connectivity index (χ0n) is 18.5. The van der Waals surface area contributed by atoms with Gasteiger partial charge in [-0.2, -0.15) is 0 Å². The molecule has 4 heterocycles. The molecule has 1 aromatic heterocycles. The Balaban J connectivity index is 1.52. The van der Waals surface area contributed by atoms with Crippen molar-refractivity contribution in [3.8, 4) is 0 Å². The Morgan fingerprint density at radius 3 is 2.56 bits per heavy atom. The van der Waals surface area contributed by atoms with Crippen LogP contribution in [0.25, 0.3) is 0 Å².